The minimum atomic E-state index is -0.448. The molecule has 0 saturated heterocycles. The molecular formula is C19H18N2O2. The molecule has 4 N–H and O–H groups in total. The van der Waals surface area contributed by atoms with Gasteiger partial charge in [-0.15, -0.1) is 0 Å². The molecule has 0 bridgehead atoms. The van der Waals surface area contributed by atoms with Gasteiger partial charge in [0.1, 0.15) is 0 Å². The van der Waals surface area contributed by atoms with Crippen molar-refractivity contribution in [1.29, 1.82) is 0 Å². The number of aromatic hydroxyl groups is 2. The zero-order chi connectivity index (χ0) is 16.2. The van der Waals surface area contributed by atoms with Crippen LogP contribution >= 0.6 is 0 Å². The summed E-state index contributed by atoms with van der Waals surface area (Å²) in [6, 6.07) is 17.3. The maximum Gasteiger partial charge on any atom is 0.199 e. The fourth-order valence-corrected chi connectivity index (χ4v) is 3.47. The Balaban J connectivity index is 1.73. The van der Waals surface area contributed by atoms with Gasteiger partial charge in [-0.2, -0.15) is 0 Å². The second kappa shape index (κ2) is 4.56. The van der Waals surface area contributed by atoms with E-state index in [4.69, 9.17) is 5.73 Å². The van der Waals surface area contributed by atoms with Crippen LogP contribution < -0.4 is 5.73 Å². The maximum atomic E-state index is 10.6. The third kappa shape index (κ3) is 1.84. The Labute approximate surface area is 134 Å². The average molecular weight is 306 g/mol. The minimum Gasteiger partial charge on any atom is -0.494 e. The third-order valence-corrected chi connectivity index (χ3v) is 4.79. The van der Waals surface area contributed by atoms with Crippen LogP contribution in [0.4, 0.5) is 5.69 Å². The minimum absolute atomic E-state index is 0.131. The lowest BCUT2D eigenvalue weighted by atomic mass is 9.92. The van der Waals surface area contributed by atoms with E-state index in [-0.39, 0.29) is 11.8 Å². The first-order valence-corrected chi connectivity index (χ1v) is 7.58. The van der Waals surface area contributed by atoms with Crippen molar-refractivity contribution in [3.8, 4) is 11.8 Å². The molecule has 1 aromatic heterocycles. The van der Waals surface area contributed by atoms with Gasteiger partial charge in [0.15, 0.2) is 11.8 Å². The lowest BCUT2D eigenvalue weighted by Gasteiger charge is -2.17. The number of rotatable bonds is 3. The van der Waals surface area contributed by atoms with Gasteiger partial charge in [0.25, 0.3) is 0 Å². The first-order valence-electron chi connectivity index (χ1n) is 7.58. The van der Waals surface area contributed by atoms with Gasteiger partial charge in [-0.25, -0.2) is 0 Å². The number of anilines is 1. The molecule has 1 heterocycles. The standard InChI is InChI=1S/C19H18N2O2/c1-19(13-8-5-9-14(20)10-13)15-16(19)18(23)21(17(15)22)11-12-6-3-2-4-7-12/h2-10,22-23H,11,20H2,1H3. The summed E-state index contributed by atoms with van der Waals surface area (Å²) in [4.78, 5) is 0. The van der Waals surface area contributed by atoms with Crippen molar-refractivity contribution in [3.63, 3.8) is 0 Å². The molecule has 0 spiro atoms. The van der Waals surface area contributed by atoms with Crippen molar-refractivity contribution in [2.45, 2.75) is 18.9 Å². The Morgan fingerprint density at radius 1 is 0.957 bits per heavy atom. The van der Waals surface area contributed by atoms with Gasteiger partial charge in [-0.05, 0) is 30.2 Å². The summed E-state index contributed by atoms with van der Waals surface area (Å²) in [6.07, 6.45) is 0. The van der Waals surface area contributed by atoms with Crippen LogP contribution in [0.2, 0.25) is 0 Å². The van der Waals surface area contributed by atoms with E-state index in [0.717, 1.165) is 22.3 Å². The molecular weight excluding hydrogens is 288 g/mol. The summed E-state index contributed by atoms with van der Waals surface area (Å²) in [5.41, 5.74) is 9.68. The summed E-state index contributed by atoms with van der Waals surface area (Å²) >= 11 is 0. The number of fused-ring (bicyclic) bond motifs is 1. The fraction of sp³-hybridized carbons (Fsp3) is 0.158. The number of benzene rings is 2. The lowest BCUT2D eigenvalue weighted by Crippen LogP contribution is -2.10. The summed E-state index contributed by atoms with van der Waals surface area (Å²) in [5.74, 6) is 0.262. The van der Waals surface area contributed by atoms with Crippen molar-refractivity contribution in [3.05, 3.63) is 76.9 Å². The molecule has 1 aliphatic carbocycles. The van der Waals surface area contributed by atoms with Gasteiger partial charge in [-0.1, -0.05) is 42.5 Å². The molecule has 4 rings (SSSR count). The molecule has 0 aliphatic heterocycles. The fourth-order valence-electron chi connectivity index (χ4n) is 3.47. The Bertz CT molecular complexity index is 870. The molecule has 116 valence electrons. The van der Waals surface area contributed by atoms with E-state index < -0.39 is 5.41 Å². The Hall–Kier alpha value is -2.88. The number of nitrogens with zero attached hydrogens (tertiary/aromatic N) is 1. The summed E-state index contributed by atoms with van der Waals surface area (Å²) in [5, 5.41) is 21.1. The number of aromatic nitrogens is 1. The van der Waals surface area contributed by atoms with Gasteiger partial charge in [0.2, 0.25) is 0 Å². The molecule has 3 aromatic rings. The van der Waals surface area contributed by atoms with Gasteiger partial charge in [0.05, 0.1) is 12.0 Å². The van der Waals surface area contributed by atoms with E-state index in [9.17, 15) is 10.2 Å². The van der Waals surface area contributed by atoms with E-state index >= 15 is 0 Å². The highest BCUT2D eigenvalue weighted by Gasteiger charge is 2.56. The molecule has 0 unspecified atom stereocenters. The summed E-state index contributed by atoms with van der Waals surface area (Å²) < 4.78 is 1.55. The molecule has 0 saturated carbocycles. The molecule has 0 fully saturated rings. The SMILES string of the molecule is CC1(c2cccc(N)c2)c2c1c(O)n(Cc1ccccc1)c2O. The smallest absolute Gasteiger partial charge is 0.199 e. The maximum absolute atomic E-state index is 10.6. The van der Waals surface area contributed by atoms with E-state index in [0.29, 0.717) is 12.2 Å². The van der Waals surface area contributed by atoms with Gasteiger partial charge in [0, 0.05) is 16.8 Å². The Morgan fingerprint density at radius 3 is 2.22 bits per heavy atom. The summed E-state index contributed by atoms with van der Waals surface area (Å²) in [7, 11) is 0. The van der Waals surface area contributed by atoms with E-state index in [2.05, 4.69) is 0 Å². The van der Waals surface area contributed by atoms with Crippen LogP contribution in [-0.2, 0) is 12.0 Å². The lowest BCUT2D eigenvalue weighted by molar-refractivity contribution is 0.364. The van der Waals surface area contributed by atoms with Crippen molar-refractivity contribution in [2.24, 2.45) is 0 Å². The quantitative estimate of drug-likeness (QED) is 0.651. The predicted octanol–water partition coefficient (Wildman–Crippen LogP) is 3.20. The highest BCUT2D eigenvalue weighted by molar-refractivity contribution is 5.76. The second-order valence-electron chi connectivity index (χ2n) is 6.22. The van der Waals surface area contributed by atoms with Gasteiger partial charge in [-0.3, -0.25) is 4.57 Å². The first kappa shape index (κ1) is 13.8. The zero-order valence-electron chi connectivity index (χ0n) is 12.8. The monoisotopic (exact) mass is 306 g/mol. The largest absolute Gasteiger partial charge is 0.494 e. The molecule has 0 atom stereocenters. The zero-order valence-corrected chi connectivity index (χ0v) is 12.8. The van der Waals surface area contributed by atoms with E-state index in [1.54, 1.807) is 4.57 Å². The van der Waals surface area contributed by atoms with Crippen molar-refractivity contribution in [2.75, 3.05) is 5.73 Å². The molecule has 4 heteroatoms. The average Bonchev–Trinajstić information content (AvgIpc) is 3.11. The van der Waals surface area contributed by atoms with Crippen LogP contribution in [-0.4, -0.2) is 14.8 Å². The first-order chi connectivity index (χ1) is 11.0. The molecule has 0 amide bonds. The number of nitrogen functional groups attached to an aromatic ring is 1. The third-order valence-electron chi connectivity index (χ3n) is 4.79. The van der Waals surface area contributed by atoms with Crippen LogP contribution in [0.25, 0.3) is 0 Å². The van der Waals surface area contributed by atoms with Crippen molar-refractivity contribution >= 4 is 5.69 Å². The van der Waals surface area contributed by atoms with Crippen molar-refractivity contribution < 1.29 is 10.2 Å². The summed E-state index contributed by atoms with van der Waals surface area (Å²) in [6.45, 7) is 2.44. The molecule has 4 nitrogen and oxygen atoms in total. The number of hydrogen-bond acceptors (Lipinski definition) is 3. The molecule has 1 aliphatic rings. The molecule has 23 heavy (non-hydrogen) atoms. The molecule has 2 aromatic carbocycles. The van der Waals surface area contributed by atoms with Crippen LogP contribution in [0.3, 0.4) is 0 Å². The van der Waals surface area contributed by atoms with E-state index in [1.807, 2.05) is 61.5 Å². The van der Waals surface area contributed by atoms with Crippen LogP contribution in [0.15, 0.2) is 54.6 Å². The highest BCUT2D eigenvalue weighted by Crippen LogP contribution is 2.64. The number of hydrogen-bond donors (Lipinski definition) is 3. The normalized spacial score (nSPS) is 14.5. The number of nitrogens with two attached hydrogens (primary N) is 1. The highest BCUT2D eigenvalue weighted by atomic mass is 16.3. The Morgan fingerprint density at radius 2 is 1.61 bits per heavy atom. The van der Waals surface area contributed by atoms with Gasteiger partial charge < -0.3 is 15.9 Å². The predicted molar refractivity (Wildman–Crippen MR) is 89.7 cm³/mol. The van der Waals surface area contributed by atoms with Gasteiger partial charge >= 0.3 is 0 Å². The topological polar surface area (TPSA) is 71.4 Å². The van der Waals surface area contributed by atoms with Crippen LogP contribution in [0.5, 0.6) is 11.8 Å². The molecule has 0 radical (unpaired) electrons. The van der Waals surface area contributed by atoms with E-state index in [1.165, 1.54) is 0 Å². The Kier molecular flexibility index (Phi) is 2.73. The van der Waals surface area contributed by atoms with Crippen LogP contribution in [0, 0.1) is 0 Å². The second-order valence-corrected chi connectivity index (χ2v) is 6.22. The van der Waals surface area contributed by atoms with Crippen molar-refractivity contribution in [1.82, 2.24) is 4.57 Å². The van der Waals surface area contributed by atoms with Crippen LogP contribution in [0.1, 0.15) is 29.2 Å².